The van der Waals surface area contributed by atoms with Crippen LogP contribution in [0.15, 0.2) is 42.5 Å². The largest absolute Gasteiger partial charge is 0.366 e. The SMILES string of the molecule is Cc1cc(C(N)=O)ccc1NC(=O)N1CCC[C@H](c2ccccc2C)C1. The summed E-state index contributed by atoms with van der Waals surface area (Å²) in [5.41, 5.74) is 9.87. The maximum atomic E-state index is 12.7. The van der Waals surface area contributed by atoms with Gasteiger partial charge in [-0.25, -0.2) is 4.79 Å². The number of primary amides is 1. The minimum atomic E-state index is -0.469. The normalized spacial score (nSPS) is 17.0. The van der Waals surface area contributed by atoms with Gasteiger partial charge >= 0.3 is 6.03 Å². The molecule has 1 atom stereocenters. The fourth-order valence-electron chi connectivity index (χ4n) is 3.61. The van der Waals surface area contributed by atoms with Crippen LogP contribution in [-0.4, -0.2) is 29.9 Å². The van der Waals surface area contributed by atoms with Crippen LogP contribution < -0.4 is 11.1 Å². The average molecular weight is 351 g/mol. The van der Waals surface area contributed by atoms with Gasteiger partial charge in [-0.15, -0.1) is 0 Å². The van der Waals surface area contributed by atoms with E-state index in [-0.39, 0.29) is 6.03 Å². The summed E-state index contributed by atoms with van der Waals surface area (Å²) in [5.74, 6) is -0.0999. The van der Waals surface area contributed by atoms with Gasteiger partial charge in [0.1, 0.15) is 0 Å². The van der Waals surface area contributed by atoms with Crippen molar-refractivity contribution >= 4 is 17.6 Å². The highest BCUT2D eigenvalue weighted by atomic mass is 16.2. The Morgan fingerprint density at radius 3 is 2.58 bits per heavy atom. The predicted octanol–water partition coefficient (Wildman–Crippen LogP) is 3.81. The lowest BCUT2D eigenvalue weighted by Crippen LogP contribution is -2.41. The zero-order valence-electron chi connectivity index (χ0n) is 15.3. The summed E-state index contributed by atoms with van der Waals surface area (Å²) in [7, 11) is 0. The molecule has 26 heavy (non-hydrogen) atoms. The highest BCUT2D eigenvalue weighted by Gasteiger charge is 2.25. The molecule has 5 heteroatoms. The lowest BCUT2D eigenvalue weighted by Gasteiger charge is -2.33. The van der Waals surface area contributed by atoms with Gasteiger partial charge in [0.25, 0.3) is 0 Å². The van der Waals surface area contributed by atoms with Crippen molar-refractivity contribution in [3.8, 4) is 0 Å². The fraction of sp³-hybridized carbons (Fsp3) is 0.333. The van der Waals surface area contributed by atoms with E-state index in [4.69, 9.17) is 5.73 Å². The van der Waals surface area contributed by atoms with E-state index < -0.39 is 5.91 Å². The fourth-order valence-corrected chi connectivity index (χ4v) is 3.61. The van der Waals surface area contributed by atoms with Crippen LogP contribution in [0.5, 0.6) is 0 Å². The van der Waals surface area contributed by atoms with Crippen LogP contribution in [0.4, 0.5) is 10.5 Å². The van der Waals surface area contributed by atoms with Crippen LogP contribution in [-0.2, 0) is 0 Å². The van der Waals surface area contributed by atoms with E-state index >= 15 is 0 Å². The Balaban J connectivity index is 1.70. The van der Waals surface area contributed by atoms with Crippen LogP contribution >= 0.6 is 0 Å². The van der Waals surface area contributed by atoms with Crippen LogP contribution in [0.1, 0.15) is 45.8 Å². The number of carbonyl (C=O) groups is 2. The van der Waals surface area contributed by atoms with Gasteiger partial charge in [-0.3, -0.25) is 4.79 Å². The molecule has 0 spiro atoms. The van der Waals surface area contributed by atoms with Gasteiger partial charge in [0.2, 0.25) is 5.91 Å². The number of anilines is 1. The molecule has 0 saturated carbocycles. The molecule has 3 rings (SSSR count). The molecule has 1 fully saturated rings. The Labute approximate surface area is 154 Å². The van der Waals surface area contributed by atoms with Crippen LogP contribution in [0.3, 0.4) is 0 Å². The number of piperidine rings is 1. The van der Waals surface area contributed by atoms with E-state index in [0.29, 0.717) is 17.2 Å². The summed E-state index contributed by atoms with van der Waals surface area (Å²) in [5, 5.41) is 2.97. The summed E-state index contributed by atoms with van der Waals surface area (Å²) in [6.45, 7) is 5.45. The second-order valence-electron chi connectivity index (χ2n) is 6.97. The van der Waals surface area contributed by atoms with Gasteiger partial charge in [-0.05, 0) is 61.6 Å². The van der Waals surface area contributed by atoms with Gasteiger partial charge in [0, 0.05) is 30.3 Å². The molecule has 2 aromatic carbocycles. The van der Waals surface area contributed by atoms with Crippen molar-refractivity contribution in [3.63, 3.8) is 0 Å². The van der Waals surface area contributed by atoms with Crippen LogP contribution in [0, 0.1) is 13.8 Å². The van der Waals surface area contributed by atoms with Crippen LogP contribution in [0.2, 0.25) is 0 Å². The lowest BCUT2D eigenvalue weighted by molar-refractivity contribution is 0.1000. The summed E-state index contributed by atoms with van der Waals surface area (Å²) in [6.07, 6.45) is 2.09. The Morgan fingerprint density at radius 1 is 1.12 bits per heavy atom. The molecule has 3 amide bonds. The highest BCUT2D eigenvalue weighted by Crippen LogP contribution is 2.29. The molecule has 0 aromatic heterocycles. The van der Waals surface area contributed by atoms with Crippen molar-refractivity contribution in [3.05, 3.63) is 64.7 Å². The topological polar surface area (TPSA) is 75.4 Å². The van der Waals surface area contributed by atoms with E-state index in [1.807, 2.05) is 17.9 Å². The number of amides is 3. The smallest absolute Gasteiger partial charge is 0.321 e. The number of hydrogen-bond acceptors (Lipinski definition) is 2. The van der Waals surface area contributed by atoms with E-state index in [1.165, 1.54) is 11.1 Å². The molecule has 1 aliphatic heterocycles. The Hall–Kier alpha value is -2.82. The highest BCUT2D eigenvalue weighted by molar-refractivity contribution is 5.95. The van der Waals surface area contributed by atoms with E-state index in [9.17, 15) is 9.59 Å². The molecule has 0 aliphatic carbocycles. The molecule has 3 N–H and O–H groups in total. The molecule has 0 radical (unpaired) electrons. The zero-order chi connectivity index (χ0) is 18.7. The summed E-state index contributed by atoms with van der Waals surface area (Å²) in [4.78, 5) is 25.9. The van der Waals surface area contributed by atoms with Crippen molar-refractivity contribution in [1.29, 1.82) is 0 Å². The van der Waals surface area contributed by atoms with Crippen molar-refractivity contribution in [2.24, 2.45) is 5.73 Å². The molecule has 0 unspecified atom stereocenters. The van der Waals surface area contributed by atoms with Gasteiger partial charge < -0.3 is 16.0 Å². The molecule has 136 valence electrons. The zero-order valence-corrected chi connectivity index (χ0v) is 15.3. The number of rotatable bonds is 3. The number of hydrogen-bond donors (Lipinski definition) is 2. The standard InChI is InChI=1S/C21H25N3O2/c1-14-6-3-4-8-18(14)17-7-5-11-24(13-17)21(26)23-19-10-9-16(20(22)25)12-15(19)2/h3-4,6,8-10,12,17H,5,7,11,13H2,1-2H3,(H2,22,25)(H,23,26)/t17-/m0/s1. The van der Waals surface area contributed by atoms with E-state index in [1.54, 1.807) is 18.2 Å². The summed E-state index contributed by atoms with van der Waals surface area (Å²) >= 11 is 0. The number of nitrogens with zero attached hydrogens (tertiary/aromatic N) is 1. The Bertz CT molecular complexity index is 832. The van der Waals surface area contributed by atoms with Gasteiger partial charge in [0.05, 0.1) is 0 Å². The number of nitrogens with one attached hydrogen (secondary N) is 1. The molecule has 1 heterocycles. The van der Waals surface area contributed by atoms with E-state index in [2.05, 4.69) is 30.4 Å². The molecule has 0 bridgehead atoms. The molecule has 5 nitrogen and oxygen atoms in total. The van der Waals surface area contributed by atoms with E-state index in [0.717, 1.165) is 31.5 Å². The number of urea groups is 1. The molecular weight excluding hydrogens is 326 g/mol. The first-order valence-corrected chi connectivity index (χ1v) is 8.97. The van der Waals surface area contributed by atoms with Crippen LogP contribution in [0.25, 0.3) is 0 Å². The number of likely N-dealkylation sites (tertiary alicyclic amines) is 1. The maximum absolute atomic E-state index is 12.7. The molecule has 1 saturated heterocycles. The number of benzene rings is 2. The quantitative estimate of drug-likeness (QED) is 0.882. The monoisotopic (exact) mass is 351 g/mol. The second-order valence-corrected chi connectivity index (χ2v) is 6.97. The maximum Gasteiger partial charge on any atom is 0.321 e. The van der Waals surface area contributed by atoms with Crippen molar-refractivity contribution < 1.29 is 9.59 Å². The summed E-state index contributed by atoms with van der Waals surface area (Å²) in [6, 6.07) is 13.4. The number of nitrogens with two attached hydrogens (primary N) is 1. The first-order chi connectivity index (χ1) is 12.5. The number of carbonyl (C=O) groups excluding carboxylic acids is 2. The Kier molecular flexibility index (Phi) is 5.26. The third-order valence-corrected chi connectivity index (χ3v) is 5.09. The van der Waals surface area contributed by atoms with Gasteiger partial charge in [-0.2, -0.15) is 0 Å². The second kappa shape index (κ2) is 7.60. The predicted molar refractivity (Wildman–Crippen MR) is 103 cm³/mol. The average Bonchev–Trinajstić information content (AvgIpc) is 2.63. The lowest BCUT2D eigenvalue weighted by atomic mass is 9.88. The third kappa shape index (κ3) is 3.87. The molecule has 1 aliphatic rings. The first kappa shape index (κ1) is 18.0. The minimum Gasteiger partial charge on any atom is -0.366 e. The van der Waals surface area contributed by atoms with Gasteiger partial charge in [-0.1, -0.05) is 24.3 Å². The number of aryl methyl sites for hydroxylation is 2. The first-order valence-electron chi connectivity index (χ1n) is 8.97. The third-order valence-electron chi connectivity index (χ3n) is 5.09. The van der Waals surface area contributed by atoms with Crippen molar-refractivity contribution in [2.75, 3.05) is 18.4 Å². The van der Waals surface area contributed by atoms with Gasteiger partial charge in [0.15, 0.2) is 0 Å². The summed E-state index contributed by atoms with van der Waals surface area (Å²) < 4.78 is 0. The minimum absolute atomic E-state index is 0.0989. The molecule has 2 aromatic rings. The van der Waals surface area contributed by atoms with Crippen molar-refractivity contribution in [1.82, 2.24) is 4.90 Å². The molecular formula is C21H25N3O2. The Morgan fingerprint density at radius 2 is 1.88 bits per heavy atom. The van der Waals surface area contributed by atoms with Crippen molar-refractivity contribution in [2.45, 2.75) is 32.6 Å².